The molecule has 8 heteroatoms. The number of hydrogen-bond acceptors (Lipinski definition) is 4. The fraction of sp³-hybridized carbons (Fsp3) is 0.240. The van der Waals surface area contributed by atoms with E-state index in [0.717, 1.165) is 27.2 Å². The largest absolute Gasteiger partial charge is 0.347 e. The number of carbonyl (C=O) groups excluding carboxylic acids is 2. The predicted molar refractivity (Wildman–Crippen MR) is 134 cm³/mol. The number of rotatable bonds is 6. The van der Waals surface area contributed by atoms with Crippen molar-refractivity contribution < 1.29 is 9.59 Å². The van der Waals surface area contributed by atoms with Crippen LogP contribution >= 0.6 is 22.9 Å². The van der Waals surface area contributed by atoms with Crippen LogP contribution in [0.25, 0.3) is 15.9 Å². The Morgan fingerprint density at radius 3 is 2.55 bits per heavy atom. The van der Waals surface area contributed by atoms with E-state index in [1.807, 2.05) is 67.9 Å². The summed E-state index contributed by atoms with van der Waals surface area (Å²) < 4.78 is 1.82. The predicted octanol–water partition coefficient (Wildman–Crippen LogP) is 5.46. The summed E-state index contributed by atoms with van der Waals surface area (Å²) in [6, 6.07) is 16.8. The zero-order chi connectivity index (χ0) is 23.7. The van der Waals surface area contributed by atoms with Crippen molar-refractivity contribution in [1.82, 2.24) is 20.0 Å². The second kappa shape index (κ2) is 9.37. The molecule has 4 rings (SSSR count). The Morgan fingerprint density at radius 1 is 1.15 bits per heavy atom. The molecule has 0 bridgehead atoms. The third-order valence-corrected chi connectivity index (χ3v) is 6.91. The molecule has 0 saturated heterocycles. The van der Waals surface area contributed by atoms with E-state index in [9.17, 15) is 9.59 Å². The molecular formula is C25H25ClN4O2S. The van der Waals surface area contributed by atoms with Gasteiger partial charge in [0.25, 0.3) is 11.8 Å². The van der Waals surface area contributed by atoms with Crippen molar-refractivity contribution >= 4 is 45.0 Å². The van der Waals surface area contributed by atoms with Gasteiger partial charge in [0, 0.05) is 35.6 Å². The summed E-state index contributed by atoms with van der Waals surface area (Å²) in [7, 11) is 1.79. The lowest BCUT2D eigenvalue weighted by atomic mass is 10.1. The lowest BCUT2D eigenvalue weighted by Gasteiger charge is -2.21. The Bertz CT molecular complexity index is 1320. The van der Waals surface area contributed by atoms with Crippen molar-refractivity contribution in [1.29, 1.82) is 0 Å². The second-order valence-corrected chi connectivity index (χ2v) is 9.66. The highest BCUT2D eigenvalue weighted by molar-refractivity contribution is 7.20. The molecule has 4 aromatic rings. The highest BCUT2D eigenvalue weighted by atomic mass is 35.5. The maximum atomic E-state index is 12.8. The third-order valence-electron chi connectivity index (χ3n) is 5.57. The molecule has 0 radical (unpaired) electrons. The number of carbonyl (C=O) groups is 2. The van der Waals surface area contributed by atoms with Crippen LogP contribution < -0.4 is 5.32 Å². The average molecular weight is 481 g/mol. The minimum Gasteiger partial charge on any atom is -0.347 e. The summed E-state index contributed by atoms with van der Waals surface area (Å²) in [5.74, 6) is -0.164. The van der Waals surface area contributed by atoms with Gasteiger partial charge in [-0.25, -0.2) is 4.68 Å². The Hall–Kier alpha value is -3.16. The van der Waals surface area contributed by atoms with Gasteiger partial charge in [0.05, 0.1) is 16.3 Å². The molecule has 0 aliphatic rings. The van der Waals surface area contributed by atoms with Crippen LogP contribution in [0.5, 0.6) is 0 Å². The van der Waals surface area contributed by atoms with E-state index in [-0.39, 0.29) is 17.9 Å². The number of nitrogens with zero attached hydrogens (tertiary/aromatic N) is 3. The summed E-state index contributed by atoms with van der Waals surface area (Å²) >= 11 is 7.54. The van der Waals surface area contributed by atoms with Gasteiger partial charge in [-0.2, -0.15) is 5.10 Å². The third kappa shape index (κ3) is 4.79. The Kier molecular flexibility index (Phi) is 6.54. The van der Waals surface area contributed by atoms with E-state index in [2.05, 4.69) is 10.4 Å². The van der Waals surface area contributed by atoms with E-state index < -0.39 is 0 Å². The van der Waals surface area contributed by atoms with E-state index in [4.69, 9.17) is 11.6 Å². The van der Waals surface area contributed by atoms with Crippen LogP contribution in [-0.4, -0.2) is 39.6 Å². The van der Waals surface area contributed by atoms with Gasteiger partial charge in [0.1, 0.15) is 4.83 Å². The maximum Gasteiger partial charge on any atom is 0.261 e. The number of halogens is 1. The fourth-order valence-corrected chi connectivity index (χ4v) is 4.70. The Labute approximate surface area is 201 Å². The topological polar surface area (TPSA) is 67.2 Å². The van der Waals surface area contributed by atoms with Gasteiger partial charge >= 0.3 is 0 Å². The molecule has 0 spiro atoms. The number of amides is 2. The van der Waals surface area contributed by atoms with Crippen LogP contribution in [0.1, 0.15) is 45.1 Å². The first kappa shape index (κ1) is 23.0. The molecule has 1 N–H and O–H groups in total. The summed E-state index contributed by atoms with van der Waals surface area (Å²) in [5.41, 5.74) is 3.26. The molecular weight excluding hydrogens is 456 g/mol. The number of fused-ring (bicyclic) bond motifs is 1. The van der Waals surface area contributed by atoms with Crippen LogP contribution in [0.15, 0.2) is 54.6 Å². The molecule has 0 unspecified atom stereocenters. The number of thiophene rings is 1. The first-order valence-corrected chi connectivity index (χ1v) is 11.8. The van der Waals surface area contributed by atoms with Gasteiger partial charge in [-0.15, -0.1) is 11.3 Å². The normalized spacial score (nSPS) is 11.2. The molecule has 2 amide bonds. The van der Waals surface area contributed by atoms with E-state index >= 15 is 0 Å². The van der Waals surface area contributed by atoms with Crippen molar-refractivity contribution in [3.63, 3.8) is 0 Å². The lowest BCUT2D eigenvalue weighted by molar-refractivity contribution is 0.0754. The zero-order valence-electron chi connectivity index (χ0n) is 18.9. The molecule has 6 nitrogen and oxygen atoms in total. The average Bonchev–Trinajstić information content (AvgIpc) is 3.37. The van der Waals surface area contributed by atoms with Crippen LogP contribution in [-0.2, 0) is 6.54 Å². The minimum atomic E-state index is -0.145. The van der Waals surface area contributed by atoms with Gasteiger partial charge in [0.15, 0.2) is 0 Å². The molecule has 33 heavy (non-hydrogen) atoms. The van der Waals surface area contributed by atoms with Crippen molar-refractivity contribution in [3.05, 3.63) is 81.3 Å². The van der Waals surface area contributed by atoms with Gasteiger partial charge in [-0.05, 0) is 62.7 Å². The number of aromatic nitrogens is 2. The van der Waals surface area contributed by atoms with Crippen molar-refractivity contribution in [2.24, 2.45) is 0 Å². The van der Waals surface area contributed by atoms with Crippen LogP contribution in [0.3, 0.4) is 0 Å². The molecule has 0 aliphatic carbocycles. The van der Waals surface area contributed by atoms with E-state index in [1.165, 1.54) is 11.3 Å². The van der Waals surface area contributed by atoms with Gasteiger partial charge in [0.2, 0.25) is 0 Å². The van der Waals surface area contributed by atoms with E-state index in [0.29, 0.717) is 22.0 Å². The molecule has 0 aliphatic heterocycles. The number of nitrogens with one attached hydrogen (secondary N) is 1. The smallest absolute Gasteiger partial charge is 0.261 e. The van der Waals surface area contributed by atoms with Gasteiger partial charge in [-0.3, -0.25) is 9.59 Å². The van der Waals surface area contributed by atoms with Crippen molar-refractivity contribution in [2.75, 3.05) is 7.05 Å². The zero-order valence-corrected chi connectivity index (χ0v) is 20.5. The van der Waals surface area contributed by atoms with Crippen molar-refractivity contribution in [3.8, 4) is 5.69 Å². The van der Waals surface area contributed by atoms with E-state index in [1.54, 1.807) is 24.1 Å². The SMILES string of the molecule is Cc1nn(-c2cccc(Cl)c2)c2sc(C(=O)NCc3ccc(C(=O)N(C)C(C)C)cc3)cc12. The number of hydrogen-bond donors (Lipinski definition) is 1. The minimum absolute atomic E-state index is 0.0185. The summed E-state index contributed by atoms with van der Waals surface area (Å²) in [4.78, 5) is 28.5. The molecule has 170 valence electrons. The number of aryl methyl sites for hydroxylation is 1. The molecule has 2 heterocycles. The molecule has 0 atom stereocenters. The van der Waals surface area contributed by atoms with Gasteiger partial charge < -0.3 is 10.2 Å². The molecule has 0 saturated carbocycles. The summed E-state index contributed by atoms with van der Waals surface area (Å²) in [6.45, 7) is 6.26. The standard InChI is InChI=1S/C25H25ClN4O2S/c1-15(2)29(4)24(32)18-10-8-17(9-11-18)14-27-23(31)22-13-21-16(3)28-30(25(21)33-22)20-7-5-6-19(26)12-20/h5-13,15H,14H2,1-4H3,(H,27,31). The summed E-state index contributed by atoms with van der Waals surface area (Å²) in [5, 5.41) is 9.15. The monoisotopic (exact) mass is 480 g/mol. The fourth-order valence-electron chi connectivity index (χ4n) is 3.41. The Morgan fingerprint density at radius 2 is 1.88 bits per heavy atom. The van der Waals surface area contributed by atoms with Crippen molar-refractivity contribution in [2.45, 2.75) is 33.4 Å². The van der Waals surface area contributed by atoms with Crippen LogP contribution in [0.4, 0.5) is 0 Å². The molecule has 2 aromatic carbocycles. The maximum absolute atomic E-state index is 12.8. The van der Waals surface area contributed by atoms with Crippen LogP contribution in [0.2, 0.25) is 5.02 Å². The molecule has 0 fully saturated rings. The lowest BCUT2D eigenvalue weighted by Crippen LogP contribution is -2.32. The summed E-state index contributed by atoms with van der Waals surface area (Å²) in [6.07, 6.45) is 0. The Balaban J connectivity index is 1.47. The first-order chi connectivity index (χ1) is 15.7. The highest BCUT2D eigenvalue weighted by Crippen LogP contribution is 2.31. The van der Waals surface area contributed by atoms with Crippen LogP contribution in [0, 0.1) is 6.92 Å². The second-order valence-electron chi connectivity index (χ2n) is 8.20. The first-order valence-electron chi connectivity index (χ1n) is 10.6. The number of benzene rings is 2. The molecule has 2 aromatic heterocycles. The quantitative estimate of drug-likeness (QED) is 0.398. The highest BCUT2D eigenvalue weighted by Gasteiger charge is 2.18. The van der Waals surface area contributed by atoms with Gasteiger partial charge in [-0.1, -0.05) is 29.8 Å².